The number of hydrogen-bond donors (Lipinski definition) is 0. The van der Waals surface area contributed by atoms with E-state index in [0.717, 1.165) is 31.7 Å². The van der Waals surface area contributed by atoms with Crippen LogP contribution in [0.15, 0.2) is 23.1 Å². The average Bonchev–Trinajstić information content (AvgIpc) is 2.49. The van der Waals surface area contributed by atoms with Gasteiger partial charge in [0, 0.05) is 11.7 Å². The number of benzene rings is 1. The third kappa shape index (κ3) is 5.31. The van der Waals surface area contributed by atoms with Crippen molar-refractivity contribution >= 4 is 11.8 Å². The summed E-state index contributed by atoms with van der Waals surface area (Å²) in [5.41, 5.74) is -0.626. The summed E-state index contributed by atoms with van der Waals surface area (Å²) in [6, 6.07) is 4.12. The van der Waals surface area contributed by atoms with Crippen LogP contribution in [0.2, 0.25) is 0 Å². The monoisotopic (exact) mass is 348 g/mol. The molecule has 23 heavy (non-hydrogen) atoms. The fourth-order valence-corrected chi connectivity index (χ4v) is 3.86. The molecule has 1 aromatic rings. The van der Waals surface area contributed by atoms with Gasteiger partial charge in [0.15, 0.2) is 6.29 Å². The first kappa shape index (κ1) is 18.5. The molecule has 1 aromatic carbocycles. The largest absolute Gasteiger partial charge is 0.464 e. The van der Waals surface area contributed by atoms with E-state index in [4.69, 9.17) is 9.47 Å². The fraction of sp³-hybridized carbons (Fsp3) is 0.647. The van der Waals surface area contributed by atoms with Crippen LogP contribution in [0.3, 0.4) is 0 Å². The molecule has 0 spiro atoms. The van der Waals surface area contributed by atoms with Gasteiger partial charge in [-0.2, -0.15) is 13.2 Å². The van der Waals surface area contributed by atoms with Gasteiger partial charge < -0.3 is 9.47 Å². The van der Waals surface area contributed by atoms with Crippen LogP contribution in [-0.4, -0.2) is 18.1 Å². The number of hydrogen-bond acceptors (Lipinski definition) is 3. The Morgan fingerprint density at radius 3 is 2.74 bits per heavy atom. The highest BCUT2D eigenvalue weighted by atomic mass is 32.2. The highest BCUT2D eigenvalue weighted by Gasteiger charge is 2.35. The molecule has 2 unspecified atom stereocenters. The average molecular weight is 348 g/mol. The van der Waals surface area contributed by atoms with Gasteiger partial charge in [-0.15, -0.1) is 11.8 Å². The summed E-state index contributed by atoms with van der Waals surface area (Å²) in [6.07, 6.45) is -0.393. The zero-order chi connectivity index (χ0) is 16.9. The molecular weight excluding hydrogens is 325 g/mol. The number of rotatable bonds is 6. The molecule has 2 atom stereocenters. The van der Waals surface area contributed by atoms with Gasteiger partial charge in [-0.05, 0) is 31.4 Å². The van der Waals surface area contributed by atoms with Gasteiger partial charge in [-0.1, -0.05) is 26.3 Å². The molecular formula is C17H23F3O2S. The predicted molar refractivity (Wildman–Crippen MR) is 85.9 cm³/mol. The van der Waals surface area contributed by atoms with Crippen LogP contribution in [-0.2, 0) is 10.9 Å². The molecule has 6 heteroatoms. The van der Waals surface area contributed by atoms with Gasteiger partial charge in [-0.25, -0.2) is 0 Å². The van der Waals surface area contributed by atoms with Crippen LogP contribution in [0.25, 0.3) is 0 Å². The van der Waals surface area contributed by atoms with E-state index in [2.05, 4.69) is 0 Å². The third-order valence-electron chi connectivity index (χ3n) is 3.69. The molecule has 0 N–H and O–H groups in total. The van der Waals surface area contributed by atoms with Crippen molar-refractivity contribution in [1.82, 2.24) is 0 Å². The van der Waals surface area contributed by atoms with Crippen LogP contribution in [0.4, 0.5) is 13.2 Å². The van der Waals surface area contributed by atoms with Gasteiger partial charge in [0.05, 0.1) is 17.1 Å². The normalized spacial score (nSPS) is 20.3. The topological polar surface area (TPSA) is 18.5 Å². The molecule has 1 saturated heterocycles. The zero-order valence-electron chi connectivity index (χ0n) is 13.5. The van der Waals surface area contributed by atoms with Crippen molar-refractivity contribution in [2.75, 3.05) is 6.61 Å². The van der Waals surface area contributed by atoms with Crippen molar-refractivity contribution in [2.24, 2.45) is 0 Å². The molecule has 0 aromatic heterocycles. The quantitative estimate of drug-likeness (QED) is 0.597. The second-order valence-corrected chi connectivity index (χ2v) is 7.21. The summed E-state index contributed by atoms with van der Waals surface area (Å²) in [4.78, 5) is 0.176. The maximum Gasteiger partial charge on any atom is 0.417 e. The Balaban J connectivity index is 2.27. The lowest BCUT2D eigenvalue weighted by atomic mass is 10.2. The minimum Gasteiger partial charge on any atom is -0.464 e. The fourth-order valence-electron chi connectivity index (χ4n) is 2.57. The first-order chi connectivity index (χ1) is 10.9. The van der Waals surface area contributed by atoms with E-state index in [-0.39, 0.29) is 15.9 Å². The molecule has 1 aliphatic rings. The summed E-state index contributed by atoms with van der Waals surface area (Å²) in [7, 11) is 0. The smallest absolute Gasteiger partial charge is 0.417 e. The van der Waals surface area contributed by atoms with E-state index >= 15 is 0 Å². The van der Waals surface area contributed by atoms with E-state index in [9.17, 15) is 13.2 Å². The summed E-state index contributed by atoms with van der Waals surface area (Å²) < 4.78 is 51.3. The lowest BCUT2D eigenvalue weighted by Crippen LogP contribution is -2.25. The molecule has 0 radical (unpaired) electrons. The zero-order valence-corrected chi connectivity index (χ0v) is 14.3. The van der Waals surface area contributed by atoms with E-state index in [0.29, 0.717) is 13.0 Å². The van der Waals surface area contributed by atoms with Crippen LogP contribution < -0.4 is 4.74 Å². The highest BCUT2D eigenvalue weighted by Crippen LogP contribution is 2.44. The number of alkyl halides is 3. The van der Waals surface area contributed by atoms with Crippen molar-refractivity contribution in [2.45, 2.75) is 68.6 Å². The van der Waals surface area contributed by atoms with Crippen LogP contribution in [0, 0.1) is 0 Å². The standard InChI is InChI=1S/C17H23F3O2S/c1-3-7-12(2)23-16-13(17(18,19)20)8-6-9-14(16)22-15-10-4-5-11-21-15/h6,8-9,12,15H,3-5,7,10-11H2,1-2H3. The maximum atomic E-state index is 13.3. The summed E-state index contributed by atoms with van der Waals surface area (Å²) in [6.45, 7) is 4.57. The van der Waals surface area contributed by atoms with Gasteiger partial charge in [0.25, 0.3) is 0 Å². The highest BCUT2D eigenvalue weighted by molar-refractivity contribution is 8.00. The van der Waals surface area contributed by atoms with E-state index < -0.39 is 18.0 Å². The molecule has 2 rings (SSSR count). The SMILES string of the molecule is CCCC(C)Sc1c(OC2CCCCO2)cccc1C(F)(F)F. The van der Waals surface area contributed by atoms with Crippen LogP contribution in [0.1, 0.15) is 51.5 Å². The number of ether oxygens (including phenoxy) is 2. The molecule has 0 amide bonds. The Morgan fingerprint density at radius 2 is 2.13 bits per heavy atom. The number of halogens is 3. The Bertz CT molecular complexity index is 499. The van der Waals surface area contributed by atoms with E-state index in [1.165, 1.54) is 17.8 Å². The Kier molecular flexibility index (Phi) is 6.65. The van der Waals surface area contributed by atoms with Crippen molar-refractivity contribution in [3.63, 3.8) is 0 Å². The molecule has 1 heterocycles. The van der Waals surface area contributed by atoms with Crippen molar-refractivity contribution in [1.29, 1.82) is 0 Å². The summed E-state index contributed by atoms with van der Waals surface area (Å²) in [5, 5.41) is 0.0955. The molecule has 2 nitrogen and oxygen atoms in total. The number of thioether (sulfide) groups is 1. The van der Waals surface area contributed by atoms with Gasteiger partial charge >= 0.3 is 6.18 Å². The first-order valence-corrected chi connectivity index (χ1v) is 8.95. The van der Waals surface area contributed by atoms with Crippen molar-refractivity contribution in [3.8, 4) is 5.75 Å². The van der Waals surface area contributed by atoms with Gasteiger partial charge in [0.2, 0.25) is 0 Å². The van der Waals surface area contributed by atoms with Crippen LogP contribution in [0.5, 0.6) is 5.75 Å². The molecule has 0 bridgehead atoms. The lowest BCUT2D eigenvalue weighted by Gasteiger charge is -2.26. The predicted octanol–water partition coefficient (Wildman–Crippen LogP) is 5.89. The van der Waals surface area contributed by atoms with E-state index in [1.54, 1.807) is 6.07 Å². The Labute approximate surface area is 139 Å². The molecule has 0 aliphatic carbocycles. The first-order valence-electron chi connectivity index (χ1n) is 8.07. The van der Waals surface area contributed by atoms with Gasteiger partial charge in [-0.3, -0.25) is 0 Å². The second kappa shape index (κ2) is 8.29. The van der Waals surface area contributed by atoms with E-state index in [1.807, 2.05) is 13.8 Å². The minimum absolute atomic E-state index is 0.0955. The van der Waals surface area contributed by atoms with Crippen molar-refractivity contribution < 1.29 is 22.6 Å². The second-order valence-electron chi connectivity index (χ2n) is 5.76. The molecule has 130 valence electrons. The Hall–Kier alpha value is -0.880. The Morgan fingerprint density at radius 1 is 1.35 bits per heavy atom. The minimum atomic E-state index is -4.39. The van der Waals surface area contributed by atoms with Crippen LogP contribution >= 0.6 is 11.8 Å². The van der Waals surface area contributed by atoms with Gasteiger partial charge in [0.1, 0.15) is 5.75 Å². The maximum absolute atomic E-state index is 13.3. The summed E-state index contributed by atoms with van der Waals surface area (Å²) >= 11 is 1.24. The molecule has 1 fully saturated rings. The molecule has 0 saturated carbocycles. The van der Waals surface area contributed by atoms with Crippen molar-refractivity contribution in [3.05, 3.63) is 23.8 Å². The summed E-state index contributed by atoms with van der Waals surface area (Å²) in [5.74, 6) is 0.277. The molecule has 1 aliphatic heterocycles. The third-order valence-corrected chi connectivity index (χ3v) is 4.99. The lowest BCUT2D eigenvalue weighted by molar-refractivity contribution is -0.141.